The van der Waals surface area contributed by atoms with Gasteiger partial charge in [0.25, 0.3) is 0 Å². The number of hydrogen-bond acceptors (Lipinski definition) is 8. The average molecular weight is 609 g/mol. The van der Waals surface area contributed by atoms with Crippen LogP contribution >= 0.6 is 15.9 Å². The molecule has 3 fully saturated rings. The first-order valence-electron chi connectivity index (χ1n) is 13.5. The van der Waals surface area contributed by atoms with Crippen LogP contribution in [-0.4, -0.2) is 88.5 Å². The van der Waals surface area contributed by atoms with Crippen LogP contribution < -0.4 is 9.47 Å². The minimum atomic E-state index is -0.419. The monoisotopic (exact) mass is 607 g/mol. The Labute approximate surface area is 240 Å². The molecule has 2 heterocycles. The van der Waals surface area contributed by atoms with E-state index in [0.717, 1.165) is 29.4 Å². The van der Waals surface area contributed by atoms with E-state index in [1.807, 2.05) is 31.1 Å². The first kappa shape index (κ1) is 30.1. The molecule has 1 aliphatic carbocycles. The van der Waals surface area contributed by atoms with E-state index < -0.39 is 5.97 Å². The third kappa shape index (κ3) is 6.88. The number of carbonyl (C=O) groups excluding carboxylic acids is 1. The van der Waals surface area contributed by atoms with Gasteiger partial charge in [0, 0.05) is 19.7 Å². The molecule has 9 heteroatoms. The van der Waals surface area contributed by atoms with Gasteiger partial charge in [-0.2, -0.15) is 0 Å². The Balaban J connectivity index is 1.42. The Kier molecular flexibility index (Phi) is 9.49. The van der Waals surface area contributed by atoms with Crippen molar-refractivity contribution in [2.24, 2.45) is 5.92 Å². The number of methoxy groups -OCH3 is 2. The van der Waals surface area contributed by atoms with Crippen LogP contribution in [0.25, 0.3) is 6.08 Å². The first-order valence-corrected chi connectivity index (χ1v) is 14.3. The molecule has 0 radical (unpaired) electrons. The largest absolute Gasteiger partial charge is 0.493 e. The number of benzene rings is 1. The van der Waals surface area contributed by atoms with Gasteiger partial charge in [-0.3, -0.25) is 0 Å². The van der Waals surface area contributed by atoms with E-state index in [2.05, 4.69) is 42.8 Å². The predicted molar refractivity (Wildman–Crippen MR) is 153 cm³/mol. The second kappa shape index (κ2) is 12.3. The van der Waals surface area contributed by atoms with Crippen LogP contribution in [0, 0.1) is 5.92 Å². The molecule has 0 N–H and O–H groups in total. The first-order chi connectivity index (χ1) is 18.5. The lowest BCUT2D eigenvalue weighted by atomic mass is 9.68. The van der Waals surface area contributed by atoms with E-state index >= 15 is 0 Å². The van der Waals surface area contributed by atoms with E-state index in [9.17, 15) is 4.79 Å². The highest BCUT2D eigenvalue weighted by Gasteiger charge is 2.72. The summed E-state index contributed by atoms with van der Waals surface area (Å²) in [5, 5.41) is 0. The minimum absolute atomic E-state index is 0.0126. The van der Waals surface area contributed by atoms with Crippen LogP contribution in [-0.2, 0) is 23.7 Å². The van der Waals surface area contributed by atoms with Gasteiger partial charge in [-0.1, -0.05) is 11.6 Å². The van der Waals surface area contributed by atoms with Gasteiger partial charge < -0.3 is 33.3 Å². The average Bonchev–Trinajstić information content (AvgIpc) is 3.80. The quantitative estimate of drug-likeness (QED) is 0.142. The summed E-state index contributed by atoms with van der Waals surface area (Å²) >= 11 is 3.57. The Morgan fingerprint density at radius 3 is 2.62 bits per heavy atom. The fraction of sp³-hybridized carbons (Fsp3) is 0.633. The summed E-state index contributed by atoms with van der Waals surface area (Å²) in [6, 6.07) is 3.72. The highest BCUT2D eigenvalue weighted by molar-refractivity contribution is 9.10. The van der Waals surface area contributed by atoms with Crippen LogP contribution in [0.2, 0.25) is 0 Å². The van der Waals surface area contributed by atoms with Crippen molar-refractivity contribution in [3.8, 4) is 11.5 Å². The molecule has 2 aliphatic heterocycles. The standard InChI is InChI=1S/C30H42BrNO7/c1-19(2)8-10-24-29(3,39-24)28-27(35-7)22(12-13-30(28)18-37-30)38-25(33)11-9-20-16-21(31)26(23(17-20)34-6)36-15-14-32(4)5/h8-9,11,16-17,22,24,27-28H,10,12-15,18H2,1-7H3/b11-9+/t22-,24-,27-,28-,29+,30+/m1/s1. The normalized spacial score (nSPS) is 31.4. The Morgan fingerprint density at radius 1 is 1.26 bits per heavy atom. The number of carbonyl (C=O) groups is 1. The topological polar surface area (TPSA) is 82.3 Å². The van der Waals surface area contributed by atoms with Crippen molar-refractivity contribution >= 4 is 28.0 Å². The summed E-state index contributed by atoms with van der Waals surface area (Å²) in [5.74, 6) is 0.783. The molecule has 1 aromatic rings. The number of halogens is 1. The minimum Gasteiger partial charge on any atom is -0.493 e. The van der Waals surface area contributed by atoms with Gasteiger partial charge in [-0.15, -0.1) is 0 Å². The fourth-order valence-electron chi connectivity index (χ4n) is 5.73. The van der Waals surface area contributed by atoms with Gasteiger partial charge in [0.05, 0.1) is 30.2 Å². The van der Waals surface area contributed by atoms with Crippen molar-refractivity contribution in [1.82, 2.24) is 4.90 Å². The summed E-state index contributed by atoms with van der Waals surface area (Å²) in [6.07, 6.45) is 7.13. The molecule has 1 spiro atoms. The maximum Gasteiger partial charge on any atom is 0.331 e. The lowest BCUT2D eigenvalue weighted by Crippen LogP contribution is -2.55. The zero-order valence-electron chi connectivity index (χ0n) is 24.1. The molecule has 2 saturated heterocycles. The summed E-state index contributed by atoms with van der Waals surface area (Å²) in [5.41, 5.74) is 1.43. The maximum atomic E-state index is 12.9. The molecule has 216 valence electrons. The van der Waals surface area contributed by atoms with Crippen molar-refractivity contribution in [2.45, 2.75) is 69.5 Å². The zero-order valence-corrected chi connectivity index (χ0v) is 25.7. The summed E-state index contributed by atoms with van der Waals surface area (Å²) < 4.78 is 36.4. The molecule has 6 atom stereocenters. The van der Waals surface area contributed by atoms with Crippen LogP contribution in [0.1, 0.15) is 45.6 Å². The smallest absolute Gasteiger partial charge is 0.331 e. The van der Waals surface area contributed by atoms with Gasteiger partial charge in [0.2, 0.25) is 0 Å². The number of ether oxygens (including phenoxy) is 6. The number of nitrogens with zero attached hydrogens (tertiary/aromatic N) is 1. The number of rotatable bonds is 12. The van der Waals surface area contributed by atoms with Crippen molar-refractivity contribution in [3.63, 3.8) is 0 Å². The Hall–Kier alpha value is -1.91. The molecule has 0 bridgehead atoms. The number of epoxide rings is 2. The second-order valence-electron chi connectivity index (χ2n) is 11.4. The SMILES string of the molecule is COc1cc(/C=C/C(=O)O[C@@H]2CC[C@]3(CO3)[C@@H]([C@@]3(C)O[C@@H]3CC=C(C)C)[C@@H]2OC)cc(Br)c1OCCN(C)C. The van der Waals surface area contributed by atoms with Gasteiger partial charge in [0.1, 0.15) is 30.0 Å². The molecular formula is C30H42BrNO7. The van der Waals surface area contributed by atoms with Crippen LogP contribution in [0.3, 0.4) is 0 Å². The summed E-state index contributed by atoms with van der Waals surface area (Å²) in [4.78, 5) is 15.0. The van der Waals surface area contributed by atoms with Crippen LogP contribution in [0.15, 0.2) is 34.3 Å². The Morgan fingerprint density at radius 2 is 2.00 bits per heavy atom. The van der Waals surface area contributed by atoms with E-state index in [-0.39, 0.29) is 35.4 Å². The van der Waals surface area contributed by atoms with Gasteiger partial charge in [-0.05, 0) is 93.8 Å². The van der Waals surface area contributed by atoms with E-state index in [4.69, 9.17) is 28.4 Å². The molecule has 0 unspecified atom stereocenters. The number of esters is 1. The molecule has 3 aliphatic rings. The third-order valence-electron chi connectivity index (χ3n) is 7.95. The highest BCUT2D eigenvalue weighted by Crippen LogP contribution is 2.59. The molecule has 39 heavy (non-hydrogen) atoms. The molecule has 4 rings (SSSR count). The Bertz CT molecular complexity index is 1100. The lowest BCUT2D eigenvalue weighted by molar-refractivity contribution is -0.166. The molecule has 1 aromatic carbocycles. The second-order valence-corrected chi connectivity index (χ2v) is 12.2. The van der Waals surface area contributed by atoms with Crippen molar-refractivity contribution < 1.29 is 33.2 Å². The fourth-order valence-corrected chi connectivity index (χ4v) is 6.30. The van der Waals surface area contributed by atoms with E-state index in [1.54, 1.807) is 20.3 Å². The molecular weight excluding hydrogens is 566 g/mol. The van der Waals surface area contributed by atoms with Crippen LogP contribution in [0.4, 0.5) is 0 Å². The number of likely N-dealkylation sites (N-methyl/N-ethyl adjacent to an activating group) is 1. The number of hydrogen-bond donors (Lipinski definition) is 0. The van der Waals surface area contributed by atoms with Crippen molar-refractivity contribution in [1.29, 1.82) is 0 Å². The van der Waals surface area contributed by atoms with Gasteiger partial charge >= 0.3 is 5.97 Å². The van der Waals surface area contributed by atoms with E-state index in [0.29, 0.717) is 31.1 Å². The van der Waals surface area contributed by atoms with Gasteiger partial charge in [0.15, 0.2) is 11.5 Å². The third-order valence-corrected chi connectivity index (χ3v) is 8.54. The molecule has 0 aromatic heterocycles. The highest BCUT2D eigenvalue weighted by atomic mass is 79.9. The summed E-state index contributed by atoms with van der Waals surface area (Å²) in [7, 11) is 7.26. The maximum absolute atomic E-state index is 12.9. The zero-order chi connectivity index (χ0) is 28.4. The molecule has 0 amide bonds. The summed E-state index contributed by atoms with van der Waals surface area (Å²) in [6.45, 7) is 8.32. The molecule has 1 saturated carbocycles. The number of allylic oxidation sites excluding steroid dienone is 1. The van der Waals surface area contributed by atoms with Crippen LogP contribution in [0.5, 0.6) is 11.5 Å². The van der Waals surface area contributed by atoms with E-state index in [1.165, 1.54) is 11.6 Å². The van der Waals surface area contributed by atoms with Crippen molar-refractivity contribution in [2.75, 3.05) is 48.1 Å². The predicted octanol–water partition coefficient (Wildman–Crippen LogP) is 5.03. The lowest BCUT2D eigenvalue weighted by Gasteiger charge is -2.42. The van der Waals surface area contributed by atoms with Crippen molar-refractivity contribution in [3.05, 3.63) is 39.9 Å². The van der Waals surface area contributed by atoms with Gasteiger partial charge in [-0.25, -0.2) is 4.79 Å². The molecule has 8 nitrogen and oxygen atoms in total.